The number of aromatic hydroxyl groups is 1. The van der Waals surface area contributed by atoms with Gasteiger partial charge in [-0.15, -0.1) is 0 Å². The van der Waals surface area contributed by atoms with E-state index in [1.807, 2.05) is 18.3 Å². The number of piperazine rings is 1. The number of hydrogen-bond donors (Lipinski definition) is 2. The number of hydrogen-bond acceptors (Lipinski definition) is 3. The predicted molar refractivity (Wildman–Crippen MR) is 111 cm³/mol. The second kappa shape index (κ2) is 7.80. The molecule has 0 unspecified atom stereocenters. The smallest absolute Gasteiger partial charge is 0.142 e. The molecule has 23 heavy (non-hydrogen) atoms. The number of quaternary nitrogens is 1. The van der Waals surface area contributed by atoms with Crippen molar-refractivity contribution in [2.75, 3.05) is 31.1 Å². The number of halogens is 2. The van der Waals surface area contributed by atoms with Gasteiger partial charge in [-0.05, 0) is 87.1 Å². The van der Waals surface area contributed by atoms with E-state index < -0.39 is 0 Å². The van der Waals surface area contributed by atoms with E-state index in [0.717, 1.165) is 44.6 Å². The molecule has 1 aliphatic heterocycles. The standard InChI is InChI=1S/C17H17I2N3O/c18-15-9-12(10-16(19)17(15)23)11-21-13-1-3-14(4-2-13)22-7-5-20-6-8-22/h1-4,9-11,20,23H,5-8H2/p+1. The van der Waals surface area contributed by atoms with Crippen molar-refractivity contribution < 1.29 is 10.4 Å². The van der Waals surface area contributed by atoms with E-state index in [-0.39, 0.29) is 0 Å². The number of phenols is 1. The van der Waals surface area contributed by atoms with Crippen LogP contribution in [0.5, 0.6) is 5.75 Å². The van der Waals surface area contributed by atoms with E-state index in [1.165, 1.54) is 5.69 Å². The lowest BCUT2D eigenvalue weighted by Gasteiger charge is -2.27. The van der Waals surface area contributed by atoms with Gasteiger partial charge < -0.3 is 15.3 Å². The Bertz CT molecular complexity index is 687. The predicted octanol–water partition coefficient (Wildman–Crippen LogP) is 2.74. The Balaban J connectivity index is 1.72. The number of rotatable bonds is 3. The van der Waals surface area contributed by atoms with Crippen molar-refractivity contribution in [3.8, 4) is 5.75 Å². The average molecular weight is 534 g/mol. The molecule has 3 rings (SSSR count). The highest BCUT2D eigenvalue weighted by Gasteiger charge is 2.12. The maximum Gasteiger partial charge on any atom is 0.142 e. The fourth-order valence-electron chi connectivity index (χ4n) is 2.57. The minimum atomic E-state index is 0.339. The van der Waals surface area contributed by atoms with Crippen molar-refractivity contribution in [3.05, 3.63) is 49.1 Å². The molecular formula is C17H18I2N3O+. The van der Waals surface area contributed by atoms with Crippen molar-refractivity contribution >= 4 is 62.8 Å². The summed E-state index contributed by atoms with van der Waals surface area (Å²) in [7, 11) is 0. The first-order valence-electron chi connectivity index (χ1n) is 7.52. The quantitative estimate of drug-likeness (QED) is 0.471. The summed E-state index contributed by atoms with van der Waals surface area (Å²) in [6, 6.07) is 12.3. The molecule has 2 aromatic rings. The topological polar surface area (TPSA) is 52.4 Å². The Morgan fingerprint density at radius 1 is 1.04 bits per heavy atom. The largest absolute Gasteiger partial charge is 0.506 e. The molecule has 0 radical (unpaired) electrons. The molecule has 0 bridgehead atoms. The van der Waals surface area contributed by atoms with Crippen LogP contribution >= 0.6 is 45.2 Å². The van der Waals surface area contributed by atoms with E-state index in [4.69, 9.17) is 0 Å². The molecular weight excluding hydrogens is 516 g/mol. The molecule has 2 aromatic carbocycles. The summed E-state index contributed by atoms with van der Waals surface area (Å²) >= 11 is 4.27. The number of nitrogens with zero attached hydrogens (tertiary/aromatic N) is 2. The van der Waals surface area contributed by atoms with Gasteiger partial charge in [0.15, 0.2) is 0 Å². The molecule has 0 atom stereocenters. The van der Waals surface area contributed by atoms with Crippen molar-refractivity contribution in [2.45, 2.75) is 0 Å². The highest BCUT2D eigenvalue weighted by molar-refractivity contribution is 14.1. The first-order valence-corrected chi connectivity index (χ1v) is 9.68. The Morgan fingerprint density at radius 2 is 1.65 bits per heavy atom. The number of benzene rings is 2. The highest BCUT2D eigenvalue weighted by atomic mass is 127. The maximum absolute atomic E-state index is 9.80. The van der Waals surface area contributed by atoms with E-state index >= 15 is 0 Å². The van der Waals surface area contributed by atoms with Crippen LogP contribution < -0.4 is 10.2 Å². The second-order valence-corrected chi connectivity index (χ2v) is 7.79. The van der Waals surface area contributed by atoms with Gasteiger partial charge in [-0.25, -0.2) is 0 Å². The highest BCUT2D eigenvalue weighted by Crippen LogP contribution is 2.27. The molecule has 4 nitrogen and oxygen atoms in total. The summed E-state index contributed by atoms with van der Waals surface area (Å²) in [5.41, 5.74) is 3.20. The van der Waals surface area contributed by atoms with E-state index in [9.17, 15) is 5.11 Å². The van der Waals surface area contributed by atoms with Crippen molar-refractivity contribution in [1.82, 2.24) is 0 Å². The van der Waals surface area contributed by atoms with Gasteiger partial charge in [0.2, 0.25) is 0 Å². The van der Waals surface area contributed by atoms with Crippen LogP contribution in [0, 0.1) is 7.14 Å². The molecule has 0 aliphatic carbocycles. The van der Waals surface area contributed by atoms with E-state index in [1.54, 1.807) is 0 Å². The van der Waals surface area contributed by atoms with Crippen LogP contribution in [0.4, 0.5) is 11.4 Å². The lowest BCUT2D eigenvalue weighted by Crippen LogP contribution is -2.89. The summed E-state index contributed by atoms with van der Waals surface area (Å²) in [4.78, 5) is 6.95. The van der Waals surface area contributed by atoms with Gasteiger partial charge in [0.25, 0.3) is 0 Å². The molecule has 120 valence electrons. The molecule has 1 heterocycles. The molecule has 0 amide bonds. The molecule has 1 fully saturated rings. The molecule has 0 aromatic heterocycles. The van der Waals surface area contributed by atoms with Crippen LogP contribution in [-0.4, -0.2) is 37.5 Å². The average Bonchev–Trinajstić information content (AvgIpc) is 2.59. The molecule has 6 heteroatoms. The van der Waals surface area contributed by atoms with Crippen LogP contribution in [0.25, 0.3) is 0 Å². The Labute approximate surface area is 163 Å². The normalized spacial score (nSPS) is 15.3. The van der Waals surface area contributed by atoms with Gasteiger partial charge in [-0.2, -0.15) is 0 Å². The zero-order valence-corrected chi connectivity index (χ0v) is 16.9. The minimum absolute atomic E-state index is 0.339. The zero-order valence-electron chi connectivity index (χ0n) is 12.5. The number of anilines is 1. The number of nitrogens with two attached hydrogens (primary N) is 1. The van der Waals surface area contributed by atoms with E-state index in [0.29, 0.717) is 5.75 Å². The third kappa shape index (κ3) is 4.36. The van der Waals surface area contributed by atoms with Crippen LogP contribution in [0.3, 0.4) is 0 Å². The molecule has 3 N–H and O–H groups in total. The Kier molecular flexibility index (Phi) is 5.76. The fraction of sp³-hybridized carbons (Fsp3) is 0.235. The lowest BCUT2D eigenvalue weighted by atomic mass is 10.2. The minimum Gasteiger partial charge on any atom is -0.506 e. The van der Waals surface area contributed by atoms with Crippen molar-refractivity contribution in [3.63, 3.8) is 0 Å². The van der Waals surface area contributed by atoms with Gasteiger partial charge in [0, 0.05) is 11.9 Å². The van der Waals surface area contributed by atoms with Crippen LogP contribution in [-0.2, 0) is 0 Å². The molecule has 1 aliphatic rings. The van der Waals surface area contributed by atoms with Crippen molar-refractivity contribution in [1.29, 1.82) is 0 Å². The molecule has 0 spiro atoms. The first-order chi connectivity index (χ1) is 11.1. The summed E-state index contributed by atoms with van der Waals surface area (Å²) in [5.74, 6) is 0.339. The summed E-state index contributed by atoms with van der Waals surface area (Å²) in [6.45, 7) is 4.54. The van der Waals surface area contributed by atoms with E-state index in [2.05, 4.69) is 84.7 Å². The Morgan fingerprint density at radius 3 is 2.26 bits per heavy atom. The second-order valence-electron chi connectivity index (χ2n) is 5.46. The lowest BCUT2D eigenvalue weighted by molar-refractivity contribution is -0.655. The summed E-state index contributed by atoms with van der Waals surface area (Å²) in [6.07, 6.45) is 1.84. The fourth-order valence-corrected chi connectivity index (χ4v) is 4.38. The Hall–Kier alpha value is -0.870. The van der Waals surface area contributed by atoms with Gasteiger partial charge >= 0.3 is 0 Å². The van der Waals surface area contributed by atoms with Crippen molar-refractivity contribution in [2.24, 2.45) is 4.99 Å². The molecule has 1 saturated heterocycles. The maximum atomic E-state index is 9.80. The number of phenolic OH excluding ortho intramolecular Hbond substituents is 1. The summed E-state index contributed by atoms with van der Waals surface area (Å²) < 4.78 is 1.68. The SMILES string of the molecule is Oc1c(I)cc(C=Nc2ccc(N3CC[NH2+]CC3)cc2)cc1I. The summed E-state index contributed by atoms with van der Waals surface area (Å²) in [5, 5.41) is 12.2. The third-order valence-corrected chi connectivity index (χ3v) is 5.47. The monoisotopic (exact) mass is 534 g/mol. The van der Waals surface area contributed by atoms with Crippen LogP contribution in [0.2, 0.25) is 0 Å². The number of aliphatic imine (C=N–C) groups is 1. The van der Waals surface area contributed by atoms with Crippen LogP contribution in [0.1, 0.15) is 5.56 Å². The van der Waals surface area contributed by atoms with Crippen LogP contribution in [0.15, 0.2) is 41.4 Å². The zero-order chi connectivity index (χ0) is 16.2. The first kappa shape index (κ1) is 17.0. The van der Waals surface area contributed by atoms with Gasteiger partial charge in [0.05, 0.1) is 39.0 Å². The van der Waals surface area contributed by atoms with Gasteiger partial charge in [-0.1, -0.05) is 0 Å². The third-order valence-electron chi connectivity index (χ3n) is 3.82. The van der Waals surface area contributed by atoms with Gasteiger partial charge in [0.1, 0.15) is 5.75 Å². The van der Waals surface area contributed by atoms with Gasteiger partial charge in [-0.3, -0.25) is 4.99 Å². The molecule has 0 saturated carbocycles.